The number of phenols is 4. The van der Waals surface area contributed by atoms with E-state index in [2.05, 4.69) is 10.6 Å². The lowest BCUT2D eigenvalue weighted by atomic mass is 10.0. The fraction of sp³-hybridized carbons (Fsp3) is 0.360. The fourth-order valence-electron chi connectivity index (χ4n) is 5.37. The van der Waals surface area contributed by atoms with Crippen molar-refractivity contribution in [1.29, 1.82) is 0 Å². The Balaban J connectivity index is 0. The maximum absolute atomic E-state index is 11.6. The number of hydrogen-bond acceptors (Lipinski definition) is 16. The van der Waals surface area contributed by atoms with Gasteiger partial charge < -0.3 is 72.4 Å². The predicted octanol–water partition coefficient (Wildman–Crippen LogP) is 6.77. The van der Waals surface area contributed by atoms with Crippen LogP contribution in [0.25, 0.3) is 0 Å². The first kappa shape index (κ1) is 69.7. The molecule has 4 rings (SSSR count). The van der Waals surface area contributed by atoms with E-state index in [1.165, 1.54) is 60.7 Å². The Morgan fingerprint density at radius 1 is 0.507 bits per heavy atom. The van der Waals surface area contributed by atoms with Crippen molar-refractivity contribution in [3.8, 4) is 23.0 Å². The van der Waals surface area contributed by atoms with E-state index in [-0.39, 0.29) is 67.2 Å². The van der Waals surface area contributed by atoms with E-state index in [1.807, 2.05) is 0 Å². The summed E-state index contributed by atoms with van der Waals surface area (Å²) < 4.78 is 9.28. The molecule has 0 aliphatic rings. The second-order valence-corrected chi connectivity index (χ2v) is 19.4. The van der Waals surface area contributed by atoms with Gasteiger partial charge in [0.05, 0.1) is 11.1 Å². The number of halogens is 3. The number of benzene rings is 4. The van der Waals surface area contributed by atoms with Gasteiger partial charge in [-0.1, -0.05) is 78.6 Å². The van der Waals surface area contributed by atoms with Crippen LogP contribution >= 0.6 is 34.8 Å². The minimum absolute atomic E-state index is 0. The van der Waals surface area contributed by atoms with Gasteiger partial charge in [0.25, 0.3) is 0 Å². The zero-order valence-corrected chi connectivity index (χ0v) is 43.2. The zero-order valence-electron chi connectivity index (χ0n) is 40.9. The number of nitrogens with two attached hydrogens (primary N) is 2. The minimum atomic E-state index is -1.23. The first-order chi connectivity index (χ1) is 34.2. The summed E-state index contributed by atoms with van der Waals surface area (Å²) >= 11 is 14.4. The Morgan fingerprint density at radius 3 is 1.05 bits per heavy atom. The molecule has 22 nitrogen and oxygen atoms in total. The summed E-state index contributed by atoms with van der Waals surface area (Å²) in [4.78, 5) is 87.8. The molecule has 0 fully saturated rings. The van der Waals surface area contributed by atoms with E-state index >= 15 is 0 Å². The third kappa shape index (κ3) is 32.4. The third-order valence-electron chi connectivity index (χ3n) is 8.71. The van der Waals surface area contributed by atoms with Crippen molar-refractivity contribution in [2.45, 2.75) is 114 Å². The van der Waals surface area contributed by atoms with Crippen molar-refractivity contribution < 1.29 is 88.7 Å². The summed E-state index contributed by atoms with van der Waals surface area (Å²) in [5.74, 6) is -4.56. The van der Waals surface area contributed by atoms with Crippen molar-refractivity contribution in [1.82, 2.24) is 10.6 Å². The van der Waals surface area contributed by atoms with E-state index in [0.717, 1.165) is 5.56 Å². The molecule has 4 aromatic carbocycles. The van der Waals surface area contributed by atoms with E-state index in [1.54, 1.807) is 65.8 Å². The number of nitrogens with one attached hydrogen (secondary N) is 2. The molecule has 2 amide bonds. The SMILES string of the molecule is C.CC(C)(C)OC(=O)N[C@@H](Cc1ccc(O)c(C=O)c1)C(=O)O.CC(C)(C)OC(=O)N[C@@H](Cc1ccc(O)cc1)C(=O)O.ClC(Cl)Cl.N[C@@H](Cc1ccc(O)c(C=O)c1)C(=O)O.N[C@@H](Cc1ccc(O)cc1)C(=O)O. The normalized spacial score (nSPS) is 12.0. The lowest BCUT2D eigenvalue weighted by molar-refractivity contribution is -0.140. The van der Waals surface area contributed by atoms with E-state index in [9.17, 15) is 53.7 Å². The highest BCUT2D eigenvalue weighted by atomic mass is 35.6. The van der Waals surface area contributed by atoms with Gasteiger partial charge >= 0.3 is 36.1 Å². The summed E-state index contributed by atoms with van der Waals surface area (Å²) in [5.41, 5.74) is 12.0. The molecule has 14 N–H and O–H groups in total. The van der Waals surface area contributed by atoms with Gasteiger partial charge in [-0.15, -0.1) is 0 Å². The largest absolute Gasteiger partial charge is 0.508 e. The molecule has 4 aromatic rings. The monoisotopic (exact) mass is 1110 g/mol. The van der Waals surface area contributed by atoms with E-state index in [4.69, 9.17) is 81.3 Å². The average molecular weight is 1120 g/mol. The van der Waals surface area contributed by atoms with E-state index in [0.29, 0.717) is 29.3 Å². The number of carbonyl (C=O) groups is 8. The van der Waals surface area contributed by atoms with Crippen molar-refractivity contribution >= 4 is 83.4 Å². The molecule has 414 valence electrons. The van der Waals surface area contributed by atoms with E-state index < -0.39 is 75.7 Å². The molecule has 75 heavy (non-hydrogen) atoms. The second kappa shape index (κ2) is 34.2. The fourth-order valence-corrected chi connectivity index (χ4v) is 5.37. The van der Waals surface area contributed by atoms with Crippen LogP contribution in [0.2, 0.25) is 0 Å². The van der Waals surface area contributed by atoms with Crippen LogP contribution < -0.4 is 22.1 Å². The number of hydrogen-bond donors (Lipinski definition) is 12. The molecule has 0 saturated carbocycles. The van der Waals surface area contributed by atoms with Crippen LogP contribution in [0.5, 0.6) is 23.0 Å². The van der Waals surface area contributed by atoms with Crippen LogP contribution in [0, 0.1) is 0 Å². The summed E-state index contributed by atoms with van der Waals surface area (Å²) in [7, 11) is 0. The van der Waals surface area contributed by atoms with Crippen LogP contribution in [0.1, 0.15) is 91.9 Å². The van der Waals surface area contributed by atoms with Crippen molar-refractivity contribution in [3.63, 3.8) is 0 Å². The highest BCUT2D eigenvalue weighted by Crippen LogP contribution is 2.19. The van der Waals surface area contributed by atoms with Crippen LogP contribution in [-0.2, 0) is 54.3 Å². The van der Waals surface area contributed by atoms with Gasteiger partial charge in [-0.05, 0) is 125 Å². The van der Waals surface area contributed by atoms with Crippen LogP contribution in [0.15, 0.2) is 84.9 Å². The van der Waals surface area contributed by atoms with Gasteiger partial charge in [-0.3, -0.25) is 19.2 Å². The Bertz CT molecular complexity index is 2460. The Morgan fingerprint density at radius 2 is 0.773 bits per heavy atom. The molecule has 0 aromatic heterocycles. The van der Waals surface area contributed by atoms with Crippen LogP contribution in [0.4, 0.5) is 9.59 Å². The molecule has 0 saturated heterocycles. The molecule has 0 bridgehead atoms. The maximum Gasteiger partial charge on any atom is 0.408 e. The molecule has 0 aliphatic heterocycles. The number of phenolic OH excluding ortho intramolecular Hbond substituents is 4. The number of carbonyl (C=O) groups excluding carboxylic acids is 4. The van der Waals surface area contributed by atoms with Crippen LogP contribution in [0.3, 0.4) is 0 Å². The molecular formula is C50H65Cl3N4O18. The highest BCUT2D eigenvalue weighted by molar-refractivity contribution is 6.63. The number of carboxylic acids is 4. The van der Waals surface area contributed by atoms with Gasteiger partial charge in [0.2, 0.25) is 0 Å². The molecule has 25 heteroatoms. The number of alkyl carbamates (subject to hydrolysis) is 2. The Labute approximate surface area is 448 Å². The van der Waals surface area contributed by atoms with Crippen LogP contribution in [-0.4, -0.2) is 129 Å². The van der Waals surface area contributed by atoms with Crippen molar-refractivity contribution in [2.24, 2.45) is 11.5 Å². The smallest absolute Gasteiger partial charge is 0.408 e. The molecule has 0 aliphatic carbocycles. The first-order valence-electron chi connectivity index (χ1n) is 21.6. The number of rotatable bonds is 16. The number of aldehydes is 2. The Hall–Kier alpha value is -7.37. The molecule has 0 heterocycles. The number of aliphatic carboxylic acids is 4. The minimum Gasteiger partial charge on any atom is -0.508 e. The van der Waals surface area contributed by atoms with Gasteiger partial charge in [-0.2, -0.15) is 0 Å². The Kier molecular flexibility index (Phi) is 31.8. The lowest BCUT2D eigenvalue weighted by Gasteiger charge is -2.22. The number of alkyl halides is 3. The average Bonchev–Trinajstić information content (AvgIpc) is 3.27. The molecule has 0 radical (unpaired) electrons. The summed E-state index contributed by atoms with van der Waals surface area (Å²) in [5, 5.41) is 76.7. The number of ether oxygens (including phenoxy) is 2. The van der Waals surface area contributed by atoms with Gasteiger partial charge in [0.15, 0.2) is 16.9 Å². The van der Waals surface area contributed by atoms with Gasteiger partial charge in [0, 0.05) is 12.8 Å². The molecule has 0 spiro atoms. The van der Waals surface area contributed by atoms with Crippen molar-refractivity contribution in [3.05, 3.63) is 118 Å². The maximum atomic E-state index is 11.6. The number of amides is 2. The second-order valence-electron chi connectivity index (χ2n) is 17.4. The first-order valence-corrected chi connectivity index (χ1v) is 22.9. The number of carboxylic acid groups (broad SMARTS) is 4. The van der Waals surface area contributed by atoms with Gasteiger partial charge in [0.1, 0.15) is 58.4 Å². The lowest BCUT2D eigenvalue weighted by Crippen LogP contribution is -2.44. The predicted molar refractivity (Wildman–Crippen MR) is 279 cm³/mol. The standard InChI is InChI=1S/C15H19NO6.C14H19NO5.C10H11NO4.C9H11NO3.CHCl3.CH4/c1-15(2,3)22-14(21)16-11(13(19)20)7-9-4-5-12(18)10(6-9)8-17;1-14(2,3)20-13(19)15-11(12(17)18)8-9-4-6-10(16)7-5-9;11-8(10(14)15)4-6-1-2-9(13)7(3-6)5-12;10-8(9(12)13)5-6-1-3-7(11)4-2-6;2-1(3)4;/h4-6,8,11,18H,7H2,1-3H3,(H,16,21)(H,19,20);4-7,11,16H,8H2,1-3H3,(H,15,19)(H,17,18);1-3,5,8,13H,4,11H2,(H,14,15);1-4,8,11H,5,10H2,(H,12,13);1H;1H4/t2*11-;2*8-;;/m0000../s1. The molecule has 4 atom stereocenters. The quantitative estimate of drug-likeness (QED) is 0.0407. The number of aromatic hydroxyl groups is 4. The summed E-state index contributed by atoms with van der Waals surface area (Å²) in [6, 6.07) is 16.7. The highest BCUT2D eigenvalue weighted by Gasteiger charge is 2.26. The third-order valence-corrected chi connectivity index (χ3v) is 8.71. The summed E-state index contributed by atoms with van der Waals surface area (Å²) in [6.45, 7) is 10.1. The molecule has 0 unspecified atom stereocenters. The topological polar surface area (TPSA) is 393 Å². The van der Waals surface area contributed by atoms with Crippen molar-refractivity contribution in [2.75, 3.05) is 0 Å². The summed E-state index contributed by atoms with van der Waals surface area (Å²) in [6.07, 6.45) is -0.185. The molecular weight excluding hydrogens is 1050 g/mol. The zero-order chi connectivity index (χ0) is 57.1. The van der Waals surface area contributed by atoms with Gasteiger partial charge in [-0.25, -0.2) is 19.2 Å².